The van der Waals surface area contributed by atoms with Crippen LogP contribution in [0.5, 0.6) is 0 Å². The smallest absolute Gasteiger partial charge is 0.125 e. The summed E-state index contributed by atoms with van der Waals surface area (Å²) in [4.78, 5) is 12.4. The van der Waals surface area contributed by atoms with Crippen molar-refractivity contribution in [3.05, 3.63) is 0 Å². The molecule has 0 bridgehead atoms. The molecule has 0 spiro atoms. The Morgan fingerprint density at radius 1 is 1.70 bits per heavy atom. The standard InChI is InChI=1S/C7H10N2O/c1-9-3-6(2-8)7(4-9)5-10/h5-7H,3-4H2,1H3. The number of aldehydes is 1. The van der Waals surface area contributed by atoms with Crippen molar-refractivity contribution in [2.24, 2.45) is 11.8 Å². The van der Waals surface area contributed by atoms with Crippen molar-refractivity contribution in [3.63, 3.8) is 0 Å². The van der Waals surface area contributed by atoms with E-state index in [-0.39, 0.29) is 11.8 Å². The van der Waals surface area contributed by atoms with Crippen LogP contribution >= 0.6 is 0 Å². The van der Waals surface area contributed by atoms with E-state index in [4.69, 9.17) is 5.26 Å². The minimum atomic E-state index is -0.0810. The minimum absolute atomic E-state index is 0.0602. The highest BCUT2D eigenvalue weighted by atomic mass is 16.1. The summed E-state index contributed by atoms with van der Waals surface area (Å²) in [5.74, 6) is -0.141. The molecule has 54 valence electrons. The van der Waals surface area contributed by atoms with Crippen LogP contribution in [0.1, 0.15) is 0 Å². The average molecular weight is 138 g/mol. The molecule has 1 saturated heterocycles. The molecule has 0 aromatic rings. The monoisotopic (exact) mass is 138 g/mol. The molecule has 1 aliphatic rings. The molecule has 0 saturated carbocycles. The fraction of sp³-hybridized carbons (Fsp3) is 0.714. The quantitative estimate of drug-likeness (QED) is 0.475. The summed E-state index contributed by atoms with van der Waals surface area (Å²) in [6.07, 6.45) is 0.886. The van der Waals surface area contributed by atoms with E-state index in [2.05, 4.69) is 6.07 Å². The lowest BCUT2D eigenvalue weighted by molar-refractivity contribution is -0.111. The van der Waals surface area contributed by atoms with Crippen LogP contribution in [-0.4, -0.2) is 31.3 Å². The summed E-state index contributed by atoms with van der Waals surface area (Å²) >= 11 is 0. The van der Waals surface area contributed by atoms with Gasteiger partial charge in [0, 0.05) is 19.0 Å². The maximum atomic E-state index is 10.3. The van der Waals surface area contributed by atoms with E-state index in [9.17, 15) is 4.79 Å². The highest BCUT2D eigenvalue weighted by Gasteiger charge is 2.29. The first-order valence-electron chi connectivity index (χ1n) is 3.31. The second-order valence-electron chi connectivity index (χ2n) is 2.76. The number of likely N-dealkylation sites (tertiary alicyclic amines) is 1. The third kappa shape index (κ3) is 1.17. The number of hydrogen-bond donors (Lipinski definition) is 0. The van der Waals surface area contributed by atoms with Gasteiger partial charge in [-0.05, 0) is 7.05 Å². The van der Waals surface area contributed by atoms with Crippen LogP contribution in [0.25, 0.3) is 0 Å². The molecule has 10 heavy (non-hydrogen) atoms. The molecular formula is C7H10N2O. The lowest BCUT2D eigenvalue weighted by Gasteiger charge is -2.02. The molecule has 1 rings (SSSR count). The number of nitriles is 1. The molecule has 1 heterocycles. The Labute approximate surface area is 60.2 Å². The maximum absolute atomic E-state index is 10.3. The summed E-state index contributed by atoms with van der Waals surface area (Å²) < 4.78 is 0. The van der Waals surface area contributed by atoms with E-state index in [1.54, 1.807) is 0 Å². The van der Waals surface area contributed by atoms with E-state index in [0.29, 0.717) is 0 Å². The summed E-state index contributed by atoms with van der Waals surface area (Å²) in [6, 6.07) is 2.12. The number of carbonyl (C=O) groups is 1. The zero-order chi connectivity index (χ0) is 7.56. The largest absolute Gasteiger partial charge is 0.304 e. The molecule has 0 aliphatic carbocycles. The van der Waals surface area contributed by atoms with E-state index < -0.39 is 0 Å². The Kier molecular flexibility index (Phi) is 2.03. The van der Waals surface area contributed by atoms with Crippen LogP contribution in [0, 0.1) is 23.2 Å². The van der Waals surface area contributed by atoms with Gasteiger partial charge in [-0.2, -0.15) is 5.26 Å². The third-order valence-corrected chi connectivity index (χ3v) is 1.89. The summed E-state index contributed by atoms with van der Waals surface area (Å²) in [6.45, 7) is 1.47. The molecule has 0 radical (unpaired) electrons. The summed E-state index contributed by atoms with van der Waals surface area (Å²) in [5, 5.41) is 8.55. The van der Waals surface area contributed by atoms with Crippen LogP contribution in [0.4, 0.5) is 0 Å². The maximum Gasteiger partial charge on any atom is 0.125 e. The number of rotatable bonds is 1. The van der Waals surface area contributed by atoms with Crippen molar-refractivity contribution in [2.75, 3.05) is 20.1 Å². The highest BCUT2D eigenvalue weighted by Crippen LogP contribution is 2.18. The molecule has 2 atom stereocenters. The topological polar surface area (TPSA) is 44.1 Å². The molecule has 3 nitrogen and oxygen atoms in total. The molecule has 1 fully saturated rings. The van der Waals surface area contributed by atoms with E-state index in [1.807, 2.05) is 11.9 Å². The Morgan fingerprint density at radius 2 is 2.40 bits per heavy atom. The molecule has 0 aromatic heterocycles. The van der Waals surface area contributed by atoms with Gasteiger partial charge in [-0.3, -0.25) is 0 Å². The van der Waals surface area contributed by atoms with Crippen LogP contribution in [-0.2, 0) is 4.79 Å². The minimum Gasteiger partial charge on any atom is -0.304 e. The van der Waals surface area contributed by atoms with Crippen LogP contribution < -0.4 is 0 Å². The van der Waals surface area contributed by atoms with Crippen molar-refractivity contribution in [1.82, 2.24) is 4.90 Å². The molecule has 2 unspecified atom stereocenters. The van der Waals surface area contributed by atoms with Gasteiger partial charge in [0.05, 0.1) is 12.0 Å². The predicted molar refractivity (Wildman–Crippen MR) is 36.2 cm³/mol. The van der Waals surface area contributed by atoms with Crippen molar-refractivity contribution in [3.8, 4) is 6.07 Å². The van der Waals surface area contributed by atoms with Crippen LogP contribution in [0.15, 0.2) is 0 Å². The fourth-order valence-electron chi connectivity index (χ4n) is 1.31. The van der Waals surface area contributed by atoms with Crippen molar-refractivity contribution in [2.45, 2.75) is 0 Å². The summed E-state index contributed by atoms with van der Waals surface area (Å²) in [7, 11) is 1.92. The van der Waals surface area contributed by atoms with Crippen LogP contribution in [0.3, 0.4) is 0 Å². The zero-order valence-corrected chi connectivity index (χ0v) is 5.95. The Balaban J connectivity index is 2.59. The van der Waals surface area contributed by atoms with Gasteiger partial charge in [0.15, 0.2) is 0 Å². The second kappa shape index (κ2) is 2.80. The van der Waals surface area contributed by atoms with E-state index in [1.165, 1.54) is 0 Å². The van der Waals surface area contributed by atoms with E-state index >= 15 is 0 Å². The normalized spacial score (nSPS) is 33.6. The molecule has 1 aliphatic heterocycles. The highest BCUT2D eigenvalue weighted by molar-refractivity contribution is 5.56. The third-order valence-electron chi connectivity index (χ3n) is 1.89. The van der Waals surface area contributed by atoms with Gasteiger partial charge in [-0.25, -0.2) is 0 Å². The first-order chi connectivity index (χ1) is 4.77. The zero-order valence-electron chi connectivity index (χ0n) is 5.95. The predicted octanol–water partition coefficient (Wildman–Crippen LogP) is -0.113. The van der Waals surface area contributed by atoms with Gasteiger partial charge in [0.1, 0.15) is 6.29 Å². The number of carbonyl (C=O) groups excluding carboxylic acids is 1. The molecule has 0 amide bonds. The van der Waals surface area contributed by atoms with Gasteiger partial charge < -0.3 is 9.69 Å². The Hall–Kier alpha value is -0.880. The number of nitrogens with zero attached hydrogens (tertiary/aromatic N) is 2. The first kappa shape index (κ1) is 7.23. The molecule has 3 heteroatoms. The summed E-state index contributed by atoms with van der Waals surface area (Å²) in [5.41, 5.74) is 0. The fourth-order valence-corrected chi connectivity index (χ4v) is 1.31. The van der Waals surface area contributed by atoms with Crippen molar-refractivity contribution >= 4 is 6.29 Å². The second-order valence-corrected chi connectivity index (χ2v) is 2.76. The van der Waals surface area contributed by atoms with E-state index in [0.717, 1.165) is 19.4 Å². The Morgan fingerprint density at radius 3 is 2.80 bits per heavy atom. The van der Waals surface area contributed by atoms with Gasteiger partial charge >= 0.3 is 0 Å². The lowest BCUT2D eigenvalue weighted by atomic mass is 10.00. The Bertz CT molecular complexity index is 173. The van der Waals surface area contributed by atoms with Crippen molar-refractivity contribution in [1.29, 1.82) is 5.26 Å². The van der Waals surface area contributed by atoms with Gasteiger partial charge in [-0.15, -0.1) is 0 Å². The van der Waals surface area contributed by atoms with Crippen molar-refractivity contribution < 1.29 is 4.79 Å². The lowest BCUT2D eigenvalue weighted by Crippen LogP contribution is -2.14. The first-order valence-corrected chi connectivity index (χ1v) is 3.31. The molecule has 0 N–H and O–H groups in total. The van der Waals surface area contributed by atoms with Gasteiger partial charge in [-0.1, -0.05) is 0 Å². The average Bonchev–Trinajstić information content (AvgIpc) is 2.30. The SMILES string of the molecule is CN1CC(C#N)C(C=O)C1. The van der Waals surface area contributed by atoms with Gasteiger partial charge in [0.2, 0.25) is 0 Å². The number of hydrogen-bond acceptors (Lipinski definition) is 3. The van der Waals surface area contributed by atoms with Gasteiger partial charge in [0.25, 0.3) is 0 Å². The molecular weight excluding hydrogens is 128 g/mol. The molecule has 0 aromatic carbocycles. The van der Waals surface area contributed by atoms with Crippen LogP contribution in [0.2, 0.25) is 0 Å².